The number of allylic oxidation sites excluding steroid dienone is 1. The molecule has 0 spiro atoms. The molecule has 136 valence electrons. The molecule has 6 heteroatoms. The van der Waals surface area contributed by atoms with E-state index in [1.165, 1.54) is 0 Å². The standard InChI is InChI=1S/C21H19N3O3/c1-14-7-3-4-8-15(14)11-20(26)27-13-19(25)16(12-22)21-23-17-9-5-6-10-18(17)24(21)2/h3-10,25H,11,13H2,1-2H3/b19-16-. The first-order valence-electron chi connectivity index (χ1n) is 8.45. The van der Waals surface area contributed by atoms with Crippen LogP contribution in [0.25, 0.3) is 16.6 Å². The lowest BCUT2D eigenvalue weighted by atomic mass is 10.1. The van der Waals surface area contributed by atoms with Crippen LogP contribution in [-0.2, 0) is 23.0 Å². The van der Waals surface area contributed by atoms with Crippen LogP contribution >= 0.6 is 0 Å². The molecular formula is C21H19N3O3. The van der Waals surface area contributed by atoms with Crippen LogP contribution in [0.4, 0.5) is 0 Å². The number of aliphatic hydroxyl groups excluding tert-OH is 1. The molecule has 0 aliphatic carbocycles. The first-order valence-corrected chi connectivity index (χ1v) is 8.45. The quantitative estimate of drug-likeness (QED) is 0.427. The van der Waals surface area contributed by atoms with Gasteiger partial charge in [-0.15, -0.1) is 0 Å². The molecule has 0 radical (unpaired) electrons. The number of carbonyl (C=O) groups is 1. The molecule has 1 N–H and O–H groups in total. The smallest absolute Gasteiger partial charge is 0.310 e. The average molecular weight is 361 g/mol. The molecule has 0 bridgehead atoms. The van der Waals surface area contributed by atoms with Gasteiger partial charge in [0.1, 0.15) is 18.2 Å². The van der Waals surface area contributed by atoms with Crippen LogP contribution < -0.4 is 0 Å². The Balaban J connectivity index is 1.77. The average Bonchev–Trinajstić information content (AvgIpc) is 2.99. The maximum absolute atomic E-state index is 12.1. The van der Waals surface area contributed by atoms with Crippen molar-refractivity contribution < 1.29 is 14.6 Å². The fourth-order valence-corrected chi connectivity index (χ4v) is 2.85. The molecule has 3 rings (SSSR count). The van der Waals surface area contributed by atoms with Crippen molar-refractivity contribution in [3.63, 3.8) is 0 Å². The van der Waals surface area contributed by atoms with Crippen molar-refractivity contribution in [3.05, 3.63) is 71.2 Å². The van der Waals surface area contributed by atoms with E-state index in [1.807, 2.05) is 61.5 Å². The van der Waals surface area contributed by atoms with E-state index in [1.54, 1.807) is 11.6 Å². The number of aryl methyl sites for hydroxylation is 2. The highest BCUT2D eigenvalue weighted by molar-refractivity contribution is 5.84. The molecule has 27 heavy (non-hydrogen) atoms. The number of aliphatic hydroxyl groups is 1. The van der Waals surface area contributed by atoms with Crippen LogP contribution in [0.15, 0.2) is 54.3 Å². The van der Waals surface area contributed by atoms with Crippen molar-refractivity contribution >= 4 is 22.6 Å². The molecule has 0 aliphatic rings. The minimum Gasteiger partial charge on any atom is -0.507 e. The number of para-hydroxylation sites is 2. The second-order valence-electron chi connectivity index (χ2n) is 6.18. The molecule has 6 nitrogen and oxygen atoms in total. The normalized spacial score (nSPS) is 11.7. The maximum atomic E-state index is 12.1. The van der Waals surface area contributed by atoms with Gasteiger partial charge >= 0.3 is 5.97 Å². The fraction of sp³-hybridized carbons (Fsp3) is 0.190. The van der Waals surface area contributed by atoms with Gasteiger partial charge in [-0.25, -0.2) is 4.98 Å². The number of carbonyl (C=O) groups excluding carboxylic acids is 1. The lowest BCUT2D eigenvalue weighted by Gasteiger charge is -2.08. The summed E-state index contributed by atoms with van der Waals surface area (Å²) >= 11 is 0. The number of esters is 1. The van der Waals surface area contributed by atoms with Crippen LogP contribution in [0.5, 0.6) is 0 Å². The van der Waals surface area contributed by atoms with E-state index in [9.17, 15) is 15.2 Å². The molecule has 0 atom stereocenters. The number of hydrogen-bond donors (Lipinski definition) is 1. The van der Waals surface area contributed by atoms with E-state index in [-0.39, 0.29) is 24.4 Å². The van der Waals surface area contributed by atoms with Gasteiger partial charge in [0.2, 0.25) is 0 Å². The zero-order valence-electron chi connectivity index (χ0n) is 15.1. The van der Waals surface area contributed by atoms with Crippen molar-refractivity contribution in [1.82, 2.24) is 9.55 Å². The zero-order chi connectivity index (χ0) is 19.4. The van der Waals surface area contributed by atoms with Crippen molar-refractivity contribution in [3.8, 4) is 6.07 Å². The van der Waals surface area contributed by atoms with Gasteiger partial charge in [-0.1, -0.05) is 36.4 Å². The first kappa shape index (κ1) is 18.2. The molecule has 0 saturated heterocycles. The Morgan fingerprint density at radius 2 is 1.93 bits per heavy atom. The Kier molecular flexibility index (Phi) is 5.23. The number of hydrogen-bond acceptors (Lipinski definition) is 5. The molecule has 0 unspecified atom stereocenters. The monoisotopic (exact) mass is 361 g/mol. The number of nitrogens with zero attached hydrogens (tertiary/aromatic N) is 3. The summed E-state index contributed by atoms with van der Waals surface area (Å²) in [5.74, 6) is -0.474. The predicted molar refractivity (Wildman–Crippen MR) is 102 cm³/mol. The predicted octanol–water partition coefficient (Wildman–Crippen LogP) is 3.46. The summed E-state index contributed by atoms with van der Waals surface area (Å²) in [6.45, 7) is 1.54. The molecule has 0 aliphatic heterocycles. The number of benzene rings is 2. The summed E-state index contributed by atoms with van der Waals surface area (Å²) in [4.78, 5) is 16.5. The van der Waals surface area contributed by atoms with Crippen molar-refractivity contribution in [2.24, 2.45) is 7.05 Å². The third-order valence-electron chi connectivity index (χ3n) is 4.38. The summed E-state index contributed by atoms with van der Waals surface area (Å²) in [6.07, 6.45) is 0.105. The Morgan fingerprint density at radius 3 is 2.63 bits per heavy atom. The van der Waals surface area contributed by atoms with Crippen LogP contribution in [0, 0.1) is 18.3 Å². The van der Waals surface area contributed by atoms with E-state index in [0.29, 0.717) is 11.3 Å². The number of nitriles is 1. The molecule has 3 aromatic rings. The highest BCUT2D eigenvalue weighted by atomic mass is 16.5. The Morgan fingerprint density at radius 1 is 1.22 bits per heavy atom. The molecule has 0 saturated carbocycles. The number of fused-ring (bicyclic) bond motifs is 1. The van der Waals surface area contributed by atoms with E-state index in [2.05, 4.69) is 4.98 Å². The maximum Gasteiger partial charge on any atom is 0.310 e. The van der Waals surface area contributed by atoms with Gasteiger partial charge in [0.25, 0.3) is 0 Å². The van der Waals surface area contributed by atoms with Crippen LogP contribution in [-0.4, -0.2) is 27.2 Å². The van der Waals surface area contributed by atoms with Gasteiger partial charge in [0, 0.05) is 7.05 Å². The Hall–Kier alpha value is -3.59. The Bertz CT molecular complexity index is 1070. The lowest BCUT2D eigenvalue weighted by molar-refractivity contribution is -0.142. The summed E-state index contributed by atoms with van der Waals surface area (Å²) in [5, 5.41) is 19.8. The zero-order valence-corrected chi connectivity index (χ0v) is 15.1. The van der Waals surface area contributed by atoms with E-state index in [0.717, 1.165) is 16.6 Å². The second kappa shape index (κ2) is 7.75. The fourth-order valence-electron chi connectivity index (χ4n) is 2.85. The number of rotatable bonds is 5. The van der Waals surface area contributed by atoms with Crippen LogP contribution in [0.3, 0.4) is 0 Å². The largest absolute Gasteiger partial charge is 0.507 e. The van der Waals surface area contributed by atoms with E-state index >= 15 is 0 Å². The third-order valence-corrected chi connectivity index (χ3v) is 4.38. The summed E-state index contributed by atoms with van der Waals surface area (Å²) in [7, 11) is 1.76. The topological polar surface area (TPSA) is 88.1 Å². The summed E-state index contributed by atoms with van der Waals surface area (Å²) in [5.41, 5.74) is 3.39. The number of ether oxygens (including phenoxy) is 1. The van der Waals surface area contributed by atoms with Gasteiger partial charge in [-0.2, -0.15) is 5.26 Å². The SMILES string of the molecule is Cc1ccccc1CC(=O)OC/C(O)=C(\C#N)c1nc2ccccc2n1C. The first-order chi connectivity index (χ1) is 13.0. The molecule has 1 heterocycles. The minimum absolute atomic E-state index is 0.0163. The molecule has 2 aromatic carbocycles. The van der Waals surface area contributed by atoms with Crippen LogP contribution in [0.2, 0.25) is 0 Å². The summed E-state index contributed by atoms with van der Waals surface area (Å²) < 4.78 is 6.87. The van der Waals surface area contributed by atoms with Crippen molar-refractivity contribution in [2.45, 2.75) is 13.3 Å². The highest BCUT2D eigenvalue weighted by Gasteiger charge is 2.17. The lowest BCUT2D eigenvalue weighted by Crippen LogP contribution is -2.12. The second-order valence-corrected chi connectivity index (χ2v) is 6.18. The summed E-state index contributed by atoms with van der Waals surface area (Å²) in [6, 6.07) is 16.9. The molecule has 1 aromatic heterocycles. The number of imidazole rings is 1. The van der Waals surface area contributed by atoms with Crippen LogP contribution in [0.1, 0.15) is 17.0 Å². The van der Waals surface area contributed by atoms with Gasteiger partial charge in [0.05, 0.1) is 17.5 Å². The van der Waals surface area contributed by atoms with Crippen molar-refractivity contribution in [2.75, 3.05) is 6.61 Å². The highest BCUT2D eigenvalue weighted by Crippen LogP contribution is 2.22. The molecule has 0 fully saturated rings. The van der Waals surface area contributed by atoms with Gasteiger partial charge in [-0.05, 0) is 30.2 Å². The van der Waals surface area contributed by atoms with E-state index < -0.39 is 5.97 Å². The van der Waals surface area contributed by atoms with Gasteiger partial charge in [-0.3, -0.25) is 4.79 Å². The van der Waals surface area contributed by atoms with Gasteiger partial charge in [0.15, 0.2) is 11.6 Å². The Labute approximate surface area is 157 Å². The minimum atomic E-state index is -0.474. The van der Waals surface area contributed by atoms with Crippen molar-refractivity contribution in [1.29, 1.82) is 5.26 Å². The molecular weight excluding hydrogens is 342 g/mol. The van der Waals surface area contributed by atoms with E-state index in [4.69, 9.17) is 4.74 Å². The third kappa shape index (κ3) is 3.82. The number of aromatic nitrogens is 2. The molecule has 0 amide bonds. The van der Waals surface area contributed by atoms with Gasteiger partial charge < -0.3 is 14.4 Å².